The van der Waals surface area contributed by atoms with Crippen molar-refractivity contribution in [1.82, 2.24) is 0 Å². The maximum Gasteiger partial charge on any atom is 0.334 e. The standard InChI is InChI=1S/C29H42O7/c1-16(30)33-25-18-8-9-23-28(5,13-10-22-27(3,4)11-7-12-29(22,23)6)20(18)15-21(35-25)19-14-24(32)36-26(19)34-17(2)31/h14,18,20-23,25-26H,7-13,15H2,1-6H3/t18-,20+,21+,22?,23?,25+,26-,28-,29-/m0/s1. The smallest absolute Gasteiger partial charge is 0.334 e. The molecule has 0 aromatic heterocycles. The molecule has 36 heavy (non-hydrogen) atoms. The molecule has 3 aliphatic carbocycles. The number of carbonyl (C=O) groups is 3. The van der Waals surface area contributed by atoms with Gasteiger partial charge in [0.2, 0.25) is 6.29 Å². The fourth-order valence-electron chi connectivity index (χ4n) is 9.55. The average Bonchev–Trinajstić information content (AvgIpc) is 3.11. The van der Waals surface area contributed by atoms with Gasteiger partial charge in [-0.2, -0.15) is 0 Å². The van der Waals surface area contributed by atoms with Gasteiger partial charge in [0.05, 0.1) is 6.10 Å². The molecule has 0 aromatic rings. The van der Waals surface area contributed by atoms with E-state index in [1.807, 2.05) is 0 Å². The average molecular weight is 503 g/mol. The van der Waals surface area contributed by atoms with Gasteiger partial charge < -0.3 is 18.9 Å². The lowest BCUT2D eigenvalue weighted by Crippen LogP contribution is -2.62. The van der Waals surface area contributed by atoms with Crippen molar-refractivity contribution >= 4 is 17.9 Å². The van der Waals surface area contributed by atoms with E-state index in [1.165, 1.54) is 45.6 Å². The predicted octanol–water partition coefficient (Wildman–Crippen LogP) is 5.31. The minimum absolute atomic E-state index is 0.0724. The summed E-state index contributed by atoms with van der Waals surface area (Å²) in [6.07, 6.45) is 8.06. The summed E-state index contributed by atoms with van der Waals surface area (Å²) < 4.78 is 22.7. The number of rotatable bonds is 3. The second-order valence-electron chi connectivity index (χ2n) is 13.2. The number of fused-ring (bicyclic) bond motifs is 5. The van der Waals surface area contributed by atoms with E-state index in [0.29, 0.717) is 29.2 Å². The van der Waals surface area contributed by atoms with E-state index in [1.54, 1.807) is 0 Å². The highest BCUT2D eigenvalue weighted by atomic mass is 16.7. The van der Waals surface area contributed by atoms with Crippen LogP contribution in [0.25, 0.3) is 0 Å². The summed E-state index contributed by atoms with van der Waals surface area (Å²) in [6, 6.07) is 0. The molecular formula is C29H42O7. The fourth-order valence-corrected chi connectivity index (χ4v) is 9.55. The van der Waals surface area contributed by atoms with E-state index in [9.17, 15) is 14.4 Å². The molecular weight excluding hydrogens is 460 g/mol. The molecule has 5 rings (SSSR count). The molecule has 0 radical (unpaired) electrons. The van der Waals surface area contributed by atoms with Gasteiger partial charge >= 0.3 is 17.9 Å². The zero-order valence-electron chi connectivity index (χ0n) is 22.6. The van der Waals surface area contributed by atoms with E-state index in [-0.39, 0.29) is 28.6 Å². The number of esters is 3. The first-order valence-electron chi connectivity index (χ1n) is 13.8. The van der Waals surface area contributed by atoms with Crippen LogP contribution in [0.15, 0.2) is 11.6 Å². The topological polar surface area (TPSA) is 88.1 Å². The van der Waals surface area contributed by atoms with Crippen molar-refractivity contribution in [2.24, 2.45) is 39.9 Å². The highest BCUT2D eigenvalue weighted by molar-refractivity contribution is 5.86. The second-order valence-corrected chi connectivity index (χ2v) is 13.2. The molecule has 2 unspecified atom stereocenters. The summed E-state index contributed by atoms with van der Waals surface area (Å²) in [5, 5.41) is 0. The summed E-state index contributed by atoms with van der Waals surface area (Å²) in [5.41, 5.74) is 1.22. The Morgan fingerprint density at radius 3 is 2.33 bits per heavy atom. The van der Waals surface area contributed by atoms with E-state index in [0.717, 1.165) is 19.3 Å². The summed E-state index contributed by atoms with van der Waals surface area (Å²) in [6.45, 7) is 12.6. The van der Waals surface area contributed by atoms with Gasteiger partial charge in [-0.05, 0) is 78.9 Å². The summed E-state index contributed by atoms with van der Waals surface area (Å²) in [7, 11) is 0. The van der Waals surface area contributed by atoms with Gasteiger partial charge in [0, 0.05) is 31.4 Å². The molecule has 9 atom stereocenters. The highest BCUT2D eigenvalue weighted by Crippen LogP contribution is 2.70. The first kappa shape index (κ1) is 25.7. The van der Waals surface area contributed by atoms with Crippen LogP contribution < -0.4 is 0 Å². The molecule has 5 aliphatic rings. The maximum absolute atomic E-state index is 12.2. The summed E-state index contributed by atoms with van der Waals surface area (Å²) in [4.78, 5) is 35.9. The lowest BCUT2D eigenvalue weighted by atomic mass is 9.38. The minimum Gasteiger partial charge on any atom is -0.436 e. The first-order valence-corrected chi connectivity index (χ1v) is 13.8. The van der Waals surface area contributed by atoms with Crippen LogP contribution in [0.5, 0.6) is 0 Å². The largest absolute Gasteiger partial charge is 0.436 e. The third-order valence-corrected chi connectivity index (χ3v) is 10.8. The van der Waals surface area contributed by atoms with E-state index in [4.69, 9.17) is 18.9 Å². The van der Waals surface area contributed by atoms with Crippen LogP contribution in [0, 0.1) is 39.9 Å². The first-order chi connectivity index (χ1) is 16.8. The molecule has 7 heteroatoms. The van der Waals surface area contributed by atoms with Crippen molar-refractivity contribution in [3.05, 3.63) is 11.6 Å². The molecule has 2 aliphatic heterocycles. The number of cyclic esters (lactones) is 1. The third-order valence-electron chi connectivity index (χ3n) is 10.8. The van der Waals surface area contributed by atoms with Crippen LogP contribution in [0.2, 0.25) is 0 Å². The second kappa shape index (κ2) is 8.85. The highest BCUT2D eigenvalue weighted by Gasteiger charge is 2.64. The number of hydrogen-bond acceptors (Lipinski definition) is 7. The van der Waals surface area contributed by atoms with Crippen molar-refractivity contribution in [2.75, 3.05) is 0 Å². The Morgan fingerprint density at radius 1 is 0.917 bits per heavy atom. The van der Waals surface area contributed by atoms with Gasteiger partial charge in [0.1, 0.15) is 0 Å². The Kier molecular flexibility index (Phi) is 6.33. The third kappa shape index (κ3) is 4.10. The minimum atomic E-state index is -1.09. The SMILES string of the molecule is CC(=O)O[C@H]1OC(=O)C=C1[C@H]1C[C@@H]2[C@H](CCC3[C@@]4(C)CCCC(C)(C)C4CC[C@]32C)[C@H](OC(C)=O)O1. The Hall–Kier alpha value is -1.89. The number of ether oxygens (including phenoxy) is 4. The molecule has 2 heterocycles. The lowest BCUT2D eigenvalue weighted by molar-refractivity contribution is -0.270. The van der Waals surface area contributed by atoms with Crippen LogP contribution in [0.3, 0.4) is 0 Å². The van der Waals surface area contributed by atoms with Crippen molar-refractivity contribution < 1.29 is 33.3 Å². The van der Waals surface area contributed by atoms with Crippen molar-refractivity contribution in [2.45, 2.75) is 112 Å². The monoisotopic (exact) mass is 502 g/mol. The zero-order chi connectivity index (χ0) is 26.0. The van der Waals surface area contributed by atoms with Gasteiger partial charge in [-0.1, -0.05) is 34.1 Å². The molecule has 3 saturated carbocycles. The Bertz CT molecular complexity index is 969. The molecule has 0 N–H and O–H groups in total. The van der Waals surface area contributed by atoms with Gasteiger partial charge in [-0.25, -0.2) is 4.79 Å². The quantitative estimate of drug-likeness (QED) is 0.483. The van der Waals surface area contributed by atoms with Crippen LogP contribution >= 0.6 is 0 Å². The Labute approximate surface area is 214 Å². The Balaban J connectivity index is 1.49. The van der Waals surface area contributed by atoms with E-state index >= 15 is 0 Å². The molecule has 0 bridgehead atoms. The van der Waals surface area contributed by atoms with Gasteiger partial charge in [-0.3, -0.25) is 9.59 Å². The van der Waals surface area contributed by atoms with Crippen molar-refractivity contribution in [3.8, 4) is 0 Å². The van der Waals surface area contributed by atoms with Gasteiger partial charge in [-0.15, -0.1) is 0 Å². The number of hydrogen-bond donors (Lipinski definition) is 0. The molecule has 0 spiro atoms. The van der Waals surface area contributed by atoms with Gasteiger partial charge in [0.25, 0.3) is 6.29 Å². The molecule has 7 nitrogen and oxygen atoms in total. The molecule has 200 valence electrons. The van der Waals surface area contributed by atoms with E-state index < -0.39 is 30.6 Å². The van der Waals surface area contributed by atoms with Crippen LogP contribution in [0.1, 0.15) is 92.9 Å². The summed E-state index contributed by atoms with van der Waals surface area (Å²) >= 11 is 0. The lowest BCUT2D eigenvalue weighted by Gasteiger charge is -2.67. The molecule has 4 fully saturated rings. The van der Waals surface area contributed by atoms with Crippen LogP contribution in [0.4, 0.5) is 0 Å². The number of carbonyl (C=O) groups excluding carboxylic acids is 3. The Morgan fingerprint density at radius 2 is 1.64 bits per heavy atom. The predicted molar refractivity (Wildman–Crippen MR) is 131 cm³/mol. The van der Waals surface area contributed by atoms with Crippen LogP contribution in [-0.4, -0.2) is 36.6 Å². The fraction of sp³-hybridized carbons (Fsp3) is 0.828. The molecule has 0 aromatic carbocycles. The normalized spacial score (nSPS) is 45.3. The van der Waals surface area contributed by atoms with Crippen LogP contribution in [-0.2, 0) is 33.3 Å². The molecule has 1 saturated heterocycles. The van der Waals surface area contributed by atoms with E-state index in [2.05, 4.69) is 27.7 Å². The van der Waals surface area contributed by atoms with Gasteiger partial charge in [0.15, 0.2) is 0 Å². The van der Waals surface area contributed by atoms with Crippen molar-refractivity contribution in [1.29, 1.82) is 0 Å². The summed E-state index contributed by atoms with van der Waals surface area (Å²) in [5.74, 6) is 0.218. The van der Waals surface area contributed by atoms with Crippen molar-refractivity contribution in [3.63, 3.8) is 0 Å². The maximum atomic E-state index is 12.2. The molecule has 0 amide bonds. The zero-order valence-corrected chi connectivity index (χ0v) is 22.6.